The Morgan fingerprint density at radius 1 is 1.28 bits per heavy atom. The monoisotopic (exact) mass is 242 g/mol. The van der Waals surface area contributed by atoms with Crippen molar-refractivity contribution in [2.45, 2.75) is 19.0 Å². The minimum atomic E-state index is 0.0627. The Morgan fingerprint density at radius 2 is 2.11 bits per heavy atom. The van der Waals surface area contributed by atoms with Crippen molar-refractivity contribution in [1.82, 2.24) is 10.2 Å². The Kier molecular flexibility index (Phi) is 3.15. The van der Waals surface area contributed by atoms with E-state index in [0.29, 0.717) is 12.0 Å². The van der Waals surface area contributed by atoms with Crippen LogP contribution in [0.5, 0.6) is 0 Å². The minimum Gasteiger partial charge on any atom is -0.349 e. The summed E-state index contributed by atoms with van der Waals surface area (Å²) in [6.07, 6.45) is 4.79. The van der Waals surface area contributed by atoms with Crippen LogP contribution in [0, 0.1) is 5.92 Å². The lowest BCUT2D eigenvalue weighted by molar-refractivity contribution is -0.118. The summed E-state index contributed by atoms with van der Waals surface area (Å²) in [5.41, 5.74) is 1.36. The second-order valence-corrected chi connectivity index (χ2v) is 5.15. The van der Waals surface area contributed by atoms with Crippen LogP contribution >= 0.6 is 0 Å². The SMILES string of the molecule is O=C1C=CC2CN(Cc3ccccc3)CCC2N1. The highest BCUT2D eigenvalue weighted by Crippen LogP contribution is 2.22. The number of fused-ring (bicyclic) bond motifs is 1. The van der Waals surface area contributed by atoms with E-state index in [1.165, 1.54) is 5.56 Å². The molecular formula is C15H18N2O. The highest BCUT2D eigenvalue weighted by Gasteiger charge is 2.30. The zero-order chi connectivity index (χ0) is 12.4. The molecule has 2 unspecified atom stereocenters. The Bertz CT molecular complexity index is 455. The smallest absolute Gasteiger partial charge is 0.243 e. The van der Waals surface area contributed by atoms with E-state index < -0.39 is 0 Å². The molecule has 1 saturated heterocycles. The molecule has 0 aromatic heterocycles. The lowest BCUT2D eigenvalue weighted by Crippen LogP contribution is -2.51. The topological polar surface area (TPSA) is 32.3 Å². The summed E-state index contributed by atoms with van der Waals surface area (Å²) < 4.78 is 0. The van der Waals surface area contributed by atoms with Crippen molar-refractivity contribution in [3.05, 3.63) is 48.0 Å². The molecule has 0 radical (unpaired) electrons. The molecule has 0 saturated carbocycles. The number of nitrogens with zero attached hydrogens (tertiary/aromatic N) is 1. The molecule has 0 spiro atoms. The highest BCUT2D eigenvalue weighted by molar-refractivity contribution is 5.88. The fraction of sp³-hybridized carbons (Fsp3) is 0.400. The third kappa shape index (κ3) is 2.46. The average Bonchev–Trinajstić information content (AvgIpc) is 2.40. The van der Waals surface area contributed by atoms with Gasteiger partial charge in [0.25, 0.3) is 0 Å². The Labute approximate surface area is 107 Å². The van der Waals surface area contributed by atoms with Crippen LogP contribution in [0.4, 0.5) is 0 Å². The standard InChI is InChI=1S/C15H18N2O/c18-15-7-6-13-11-17(9-8-14(13)16-15)10-12-4-2-1-3-5-12/h1-7,13-14H,8-11H2,(H,16,18). The van der Waals surface area contributed by atoms with E-state index in [-0.39, 0.29) is 5.91 Å². The molecule has 0 bridgehead atoms. The van der Waals surface area contributed by atoms with Crippen LogP contribution in [0.3, 0.4) is 0 Å². The van der Waals surface area contributed by atoms with Gasteiger partial charge in [-0.25, -0.2) is 0 Å². The van der Waals surface area contributed by atoms with Crippen LogP contribution in [0.15, 0.2) is 42.5 Å². The number of carbonyl (C=O) groups excluding carboxylic acids is 1. The van der Waals surface area contributed by atoms with Crippen LogP contribution in [0.1, 0.15) is 12.0 Å². The summed E-state index contributed by atoms with van der Waals surface area (Å²) in [5, 5.41) is 3.05. The third-order valence-corrected chi connectivity index (χ3v) is 3.81. The largest absolute Gasteiger partial charge is 0.349 e. The number of nitrogens with one attached hydrogen (secondary N) is 1. The van der Waals surface area contributed by atoms with Crippen molar-refractivity contribution in [3.63, 3.8) is 0 Å². The first kappa shape index (κ1) is 11.5. The fourth-order valence-electron chi connectivity index (χ4n) is 2.85. The van der Waals surface area contributed by atoms with Crippen molar-refractivity contribution < 1.29 is 4.79 Å². The van der Waals surface area contributed by atoms with Crippen LogP contribution in [0.2, 0.25) is 0 Å². The van der Waals surface area contributed by atoms with Gasteiger partial charge in [-0.15, -0.1) is 0 Å². The number of hydrogen-bond donors (Lipinski definition) is 1. The Balaban J connectivity index is 1.64. The van der Waals surface area contributed by atoms with Gasteiger partial charge in [-0.1, -0.05) is 36.4 Å². The molecule has 2 heterocycles. The van der Waals surface area contributed by atoms with E-state index in [2.05, 4.69) is 46.6 Å². The highest BCUT2D eigenvalue weighted by atomic mass is 16.1. The number of hydrogen-bond acceptors (Lipinski definition) is 2. The first-order valence-electron chi connectivity index (χ1n) is 6.56. The normalized spacial score (nSPS) is 27.7. The number of carbonyl (C=O) groups is 1. The van der Waals surface area contributed by atoms with Gasteiger partial charge < -0.3 is 5.32 Å². The molecule has 2 atom stereocenters. The van der Waals surface area contributed by atoms with Crippen LogP contribution in [-0.4, -0.2) is 29.9 Å². The number of amides is 1. The number of likely N-dealkylation sites (tertiary alicyclic amines) is 1. The first-order valence-corrected chi connectivity index (χ1v) is 6.56. The molecular weight excluding hydrogens is 224 g/mol. The van der Waals surface area contributed by atoms with Gasteiger partial charge in [0.1, 0.15) is 0 Å². The van der Waals surface area contributed by atoms with Gasteiger partial charge in [-0.2, -0.15) is 0 Å². The number of rotatable bonds is 2. The van der Waals surface area contributed by atoms with Gasteiger partial charge in [0.2, 0.25) is 5.91 Å². The quantitative estimate of drug-likeness (QED) is 0.853. The third-order valence-electron chi connectivity index (χ3n) is 3.81. The molecule has 2 aliphatic heterocycles. The van der Waals surface area contributed by atoms with E-state index >= 15 is 0 Å². The van der Waals surface area contributed by atoms with E-state index in [1.54, 1.807) is 6.08 Å². The van der Waals surface area contributed by atoms with Crippen molar-refractivity contribution >= 4 is 5.91 Å². The maximum Gasteiger partial charge on any atom is 0.243 e. The molecule has 1 aromatic rings. The number of benzene rings is 1. The first-order chi connectivity index (χ1) is 8.81. The molecule has 0 aliphatic carbocycles. The van der Waals surface area contributed by atoms with Gasteiger partial charge in [0.15, 0.2) is 0 Å². The summed E-state index contributed by atoms with van der Waals surface area (Å²) in [6, 6.07) is 10.9. The summed E-state index contributed by atoms with van der Waals surface area (Å²) in [6.45, 7) is 3.10. The maximum atomic E-state index is 11.3. The van der Waals surface area contributed by atoms with E-state index in [1.807, 2.05) is 0 Å². The Morgan fingerprint density at radius 3 is 2.94 bits per heavy atom. The molecule has 18 heavy (non-hydrogen) atoms. The molecule has 94 valence electrons. The predicted molar refractivity (Wildman–Crippen MR) is 70.9 cm³/mol. The molecule has 2 aliphatic rings. The van der Waals surface area contributed by atoms with E-state index in [4.69, 9.17) is 0 Å². The average molecular weight is 242 g/mol. The summed E-state index contributed by atoms with van der Waals surface area (Å²) in [4.78, 5) is 13.7. The van der Waals surface area contributed by atoms with Gasteiger partial charge >= 0.3 is 0 Å². The lowest BCUT2D eigenvalue weighted by Gasteiger charge is -2.39. The van der Waals surface area contributed by atoms with E-state index in [0.717, 1.165) is 26.1 Å². The molecule has 1 amide bonds. The van der Waals surface area contributed by atoms with Crippen molar-refractivity contribution in [1.29, 1.82) is 0 Å². The molecule has 1 N–H and O–H groups in total. The van der Waals surface area contributed by atoms with Crippen molar-refractivity contribution in [2.24, 2.45) is 5.92 Å². The summed E-state index contributed by atoms with van der Waals surface area (Å²) >= 11 is 0. The van der Waals surface area contributed by atoms with Gasteiger partial charge in [0, 0.05) is 31.6 Å². The van der Waals surface area contributed by atoms with Crippen LogP contribution in [-0.2, 0) is 11.3 Å². The zero-order valence-corrected chi connectivity index (χ0v) is 10.4. The second-order valence-electron chi connectivity index (χ2n) is 5.15. The molecule has 1 aromatic carbocycles. The van der Waals surface area contributed by atoms with Crippen molar-refractivity contribution in [3.8, 4) is 0 Å². The molecule has 3 rings (SSSR count). The van der Waals surface area contributed by atoms with Gasteiger partial charge in [-0.3, -0.25) is 9.69 Å². The molecule has 1 fully saturated rings. The lowest BCUT2D eigenvalue weighted by atomic mass is 9.89. The van der Waals surface area contributed by atoms with Crippen LogP contribution < -0.4 is 5.32 Å². The fourth-order valence-corrected chi connectivity index (χ4v) is 2.85. The zero-order valence-electron chi connectivity index (χ0n) is 10.4. The van der Waals surface area contributed by atoms with E-state index in [9.17, 15) is 4.79 Å². The minimum absolute atomic E-state index is 0.0627. The van der Waals surface area contributed by atoms with Crippen molar-refractivity contribution in [2.75, 3.05) is 13.1 Å². The molecule has 3 heteroatoms. The predicted octanol–water partition coefficient (Wildman–Crippen LogP) is 1.56. The second kappa shape index (κ2) is 4.94. The summed E-state index contributed by atoms with van der Waals surface area (Å²) in [7, 11) is 0. The summed E-state index contributed by atoms with van der Waals surface area (Å²) in [5.74, 6) is 0.535. The molecule has 3 nitrogen and oxygen atoms in total. The maximum absolute atomic E-state index is 11.3. The number of piperidine rings is 1. The Hall–Kier alpha value is -1.61. The van der Waals surface area contributed by atoms with Crippen LogP contribution in [0.25, 0.3) is 0 Å². The van der Waals surface area contributed by atoms with Gasteiger partial charge in [-0.05, 0) is 18.1 Å². The van der Waals surface area contributed by atoms with Gasteiger partial charge in [0.05, 0.1) is 0 Å².